The lowest BCUT2D eigenvalue weighted by atomic mass is 9.95. The molecule has 0 bridgehead atoms. The van der Waals surface area contributed by atoms with Crippen molar-refractivity contribution in [1.82, 2.24) is 10.2 Å². The number of hydrogen-bond donors (Lipinski definition) is 1. The lowest BCUT2D eigenvalue weighted by Crippen LogP contribution is -2.29. The number of benzene rings is 2. The minimum atomic E-state index is -1.00. The minimum absolute atomic E-state index is 0.118. The first-order valence-electron chi connectivity index (χ1n) is 8.79. The number of non-ortho nitro benzene ring substituents is 1. The van der Waals surface area contributed by atoms with E-state index in [0.717, 1.165) is 11.3 Å². The van der Waals surface area contributed by atoms with Crippen LogP contribution in [0, 0.1) is 17.0 Å². The minimum Gasteiger partial charge on any atom is -0.507 e. The van der Waals surface area contributed by atoms with E-state index in [0.29, 0.717) is 16.1 Å². The number of amides is 1. The van der Waals surface area contributed by atoms with Crippen LogP contribution in [0.2, 0.25) is 0 Å². The van der Waals surface area contributed by atoms with Crippen LogP contribution in [0.5, 0.6) is 0 Å². The summed E-state index contributed by atoms with van der Waals surface area (Å²) in [7, 11) is 0. The Hall–Kier alpha value is -3.92. The van der Waals surface area contributed by atoms with Crippen LogP contribution in [0.4, 0.5) is 10.8 Å². The Morgan fingerprint density at radius 2 is 1.77 bits per heavy atom. The van der Waals surface area contributed by atoms with Crippen LogP contribution in [0.25, 0.3) is 5.76 Å². The molecule has 1 saturated heterocycles. The van der Waals surface area contributed by atoms with E-state index in [4.69, 9.17) is 0 Å². The van der Waals surface area contributed by atoms with Crippen molar-refractivity contribution in [3.8, 4) is 0 Å². The average Bonchev–Trinajstić information content (AvgIpc) is 3.29. The maximum atomic E-state index is 12.9. The van der Waals surface area contributed by atoms with E-state index < -0.39 is 22.7 Å². The number of anilines is 1. The molecule has 1 aliphatic heterocycles. The van der Waals surface area contributed by atoms with E-state index in [9.17, 15) is 24.8 Å². The smallest absolute Gasteiger partial charge is 0.301 e. The first kappa shape index (κ1) is 19.4. The van der Waals surface area contributed by atoms with E-state index in [2.05, 4.69) is 10.2 Å². The maximum Gasteiger partial charge on any atom is 0.301 e. The summed E-state index contributed by atoms with van der Waals surface area (Å²) in [6.07, 6.45) is 0. The largest absolute Gasteiger partial charge is 0.507 e. The number of aliphatic hydroxyl groups excluding tert-OH is 1. The first-order valence-corrected chi connectivity index (χ1v) is 9.61. The highest BCUT2D eigenvalue weighted by Crippen LogP contribution is 2.43. The van der Waals surface area contributed by atoms with Gasteiger partial charge in [0.05, 0.1) is 16.5 Å². The predicted octanol–water partition coefficient (Wildman–Crippen LogP) is 3.38. The number of nitro benzene ring substituents is 1. The number of carbonyl (C=O) groups excluding carboxylic acids is 2. The highest BCUT2D eigenvalue weighted by Gasteiger charge is 2.48. The Balaban J connectivity index is 1.93. The second kappa shape index (κ2) is 7.48. The van der Waals surface area contributed by atoms with E-state index in [1.165, 1.54) is 29.2 Å². The van der Waals surface area contributed by atoms with Crippen molar-refractivity contribution < 1.29 is 19.6 Å². The molecule has 0 saturated carbocycles. The molecule has 4 rings (SSSR count). The molecule has 9 nitrogen and oxygen atoms in total. The average molecular weight is 422 g/mol. The zero-order valence-electron chi connectivity index (χ0n) is 15.6. The number of rotatable bonds is 4. The topological polar surface area (TPSA) is 127 Å². The molecule has 1 atom stereocenters. The number of ketones is 1. The molecule has 3 aromatic rings. The molecule has 150 valence electrons. The van der Waals surface area contributed by atoms with Gasteiger partial charge >= 0.3 is 5.91 Å². The third-order valence-electron chi connectivity index (χ3n) is 4.63. The fraction of sp³-hybridized carbons (Fsp3) is 0.100. The Bertz CT molecular complexity index is 1190. The molecule has 1 aliphatic rings. The van der Waals surface area contributed by atoms with Gasteiger partial charge in [-0.15, -0.1) is 10.2 Å². The van der Waals surface area contributed by atoms with Crippen LogP contribution in [0.15, 0.2) is 60.2 Å². The molecule has 0 unspecified atom stereocenters. The van der Waals surface area contributed by atoms with Gasteiger partial charge in [0.15, 0.2) is 0 Å². The Morgan fingerprint density at radius 3 is 2.33 bits per heavy atom. The van der Waals surface area contributed by atoms with Crippen molar-refractivity contribution in [2.45, 2.75) is 13.0 Å². The van der Waals surface area contributed by atoms with Crippen molar-refractivity contribution in [2.24, 2.45) is 0 Å². The summed E-state index contributed by atoms with van der Waals surface area (Å²) in [5, 5.41) is 30.6. The molecule has 0 spiro atoms. The van der Waals surface area contributed by atoms with E-state index >= 15 is 0 Å². The second-order valence-corrected chi connectivity index (χ2v) is 7.65. The van der Waals surface area contributed by atoms with E-state index in [1.54, 1.807) is 37.3 Å². The number of aliphatic hydroxyl groups is 1. The van der Waals surface area contributed by atoms with Gasteiger partial charge in [0.2, 0.25) is 5.13 Å². The number of aryl methyl sites for hydroxylation is 1. The fourth-order valence-electron chi connectivity index (χ4n) is 3.26. The molecule has 0 aliphatic carbocycles. The lowest BCUT2D eigenvalue weighted by molar-refractivity contribution is -0.384. The van der Waals surface area contributed by atoms with Gasteiger partial charge < -0.3 is 5.11 Å². The van der Waals surface area contributed by atoms with Gasteiger partial charge in [-0.2, -0.15) is 0 Å². The molecule has 30 heavy (non-hydrogen) atoms. The molecule has 2 heterocycles. The number of nitrogens with zero attached hydrogens (tertiary/aromatic N) is 4. The SMILES string of the molecule is Cc1nnc(N2C(=O)C(=O)/C(=C(/O)c3ccccc3)[C@H]2c2ccc([N+](=O)[O-])cc2)s1. The lowest BCUT2D eigenvalue weighted by Gasteiger charge is -2.22. The summed E-state index contributed by atoms with van der Waals surface area (Å²) in [6.45, 7) is 1.71. The monoisotopic (exact) mass is 422 g/mol. The fourth-order valence-corrected chi connectivity index (χ4v) is 3.97. The molecular weight excluding hydrogens is 408 g/mol. The maximum absolute atomic E-state index is 12.9. The predicted molar refractivity (Wildman–Crippen MR) is 109 cm³/mol. The van der Waals surface area contributed by atoms with Crippen LogP contribution in [0.1, 0.15) is 22.2 Å². The standard InChI is InChI=1S/C20H14N4O5S/c1-11-21-22-20(30-11)23-16(12-7-9-14(10-8-12)24(28)29)15(18(26)19(23)27)17(25)13-5-3-2-4-6-13/h2-10,16,25H,1H3/b17-15+/t16-/m1/s1. The van der Waals surface area contributed by atoms with Gasteiger partial charge in [0.25, 0.3) is 11.5 Å². The number of hydrogen-bond acceptors (Lipinski definition) is 8. The number of Topliss-reactive ketones (excluding diaryl/α,β-unsaturated/α-hetero) is 1. The van der Waals surface area contributed by atoms with Crippen LogP contribution in [-0.2, 0) is 9.59 Å². The van der Waals surface area contributed by atoms with Crippen LogP contribution in [0.3, 0.4) is 0 Å². The van der Waals surface area contributed by atoms with Gasteiger partial charge in [0, 0.05) is 17.7 Å². The number of nitro groups is 1. The number of carbonyl (C=O) groups is 2. The van der Waals surface area contributed by atoms with Gasteiger partial charge in [-0.25, -0.2) is 0 Å². The molecule has 0 radical (unpaired) electrons. The van der Waals surface area contributed by atoms with Crippen molar-refractivity contribution in [1.29, 1.82) is 0 Å². The third-order valence-corrected chi connectivity index (χ3v) is 5.47. The quantitative estimate of drug-likeness (QED) is 0.224. The second-order valence-electron chi connectivity index (χ2n) is 6.49. The Morgan fingerprint density at radius 1 is 1.10 bits per heavy atom. The zero-order valence-corrected chi connectivity index (χ0v) is 16.4. The van der Waals surface area contributed by atoms with Crippen molar-refractivity contribution >= 4 is 39.6 Å². The summed E-state index contributed by atoms with van der Waals surface area (Å²) >= 11 is 1.13. The summed E-state index contributed by atoms with van der Waals surface area (Å²) in [5.74, 6) is -2.06. The summed E-state index contributed by atoms with van der Waals surface area (Å²) < 4.78 is 0. The summed E-state index contributed by atoms with van der Waals surface area (Å²) in [4.78, 5) is 37.4. The van der Waals surface area contributed by atoms with Gasteiger partial charge in [-0.1, -0.05) is 41.7 Å². The molecular formula is C20H14N4O5S. The molecule has 2 aromatic carbocycles. The molecule has 1 aromatic heterocycles. The summed E-state index contributed by atoms with van der Waals surface area (Å²) in [6, 6.07) is 12.8. The highest BCUT2D eigenvalue weighted by atomic mass is 32.1. The molecule has 1 N–H and O–H groups in total. The Kier molecular flexibility index (Phi) is 4.84. The molecule has 10 heteroatoms. The highest BCUT2D eigenvalue weighted by molar-refractivity contribution is 7.15. The third kappa shape index (κ3) is 3.22. The van der Waals surface area contributed by atoms with Crippen LogP contribution >= 0.6 is 11.3 Å². The van der Waals surface area contributed by atoms with Crippen LogP contribution in [-0.4, -0.2) is 31.9 Å². The molecule has 1 fully saturated rings. The van der Waals surface area contributed by atoms with Crippen molar-refractivity contribution in [3.63, 3.8) is 0 Å². The molecule has 1 amide bonds. The van der Waals surface area contributed by atoms with E-state index in [-0.39, 0.29) is 22.2 Å². The van der Waals surface area contributed by atoms with Crippen molar-refractivity contribution in [3.05, 3.63) is 86.4 Å². The van der Waals surface area contributed by atoms with Crippen molar-refractivity contribution in [2.75, 3.05) is 4.90 Å². The Labute approximate surface area is 174 Å². The normalized spacial score (nSPS) is 18.0. The first-order chi connectivity index (χ1) is 14.4. The summed E-state index contributed by atoms with van der Waals surface area (Å²) in [5.41, 5.74) is 0.541. The van der Waals surface area contributed by atoms with E-state index in [1.807, 2.05) is 0 Å². The van der Waals surface area contributed by atoms with Gasteiger partial charge in [-0.05, 0) is 24.6 Å². The zero-order chi connectivity index (χ0) is 21.4. The van der Waals surface area contributed by atoms with Gasteiger partial charge in [-0.3, -0.25) is 24.6 Å². The number of aromatic nitrogens is 2. The van der Waals surface area contributed by atoms with Gasteiger partial charge in [0.1, 0.15) is 10.8 Å². The van der Waals surface area contributed by atoms with Crippen LogP contribution < -0.4 is 4.90 Å².